The summed E-state index contributed by atoms with van der Waals surface area (Å²) in [5, 5.41) is 0. The van der Waals surface area contributed by atoms with Crippen molar-refractivity contribution in [3.8, 4) is 0 Å². The zero-order valence-corrected chi connectivity index (χ0v) is 37.5. The van der Waals surface area contributed by atoms with Crippen molar-refractivity contribution in [2.24, 2.45) is 34.1 Å². The normalized spacial score (nSPS) is 20.0. The molecule has 2 atom stereocenters. The first-order valence-electron chi connectivity index (χ1n) is 17.9. The molecule has 18 heteroatoms. The van der Waals surface area contributed by atoms with Crippen LogP contribution in [-0.2, 0) is 53.1 Å². The summed E-state index contributed by atoms with van der Waals surface area (Å²) >= 11 is 0. The second-order valence-corrected chi connectivity index (χ2v) is 26.0. The highest BCUT2D eigenvalue weighted by molar-refractivity contribution is 6.61. The Kier molecular flexibility index (Phi) is 22.5. The first-order chi connectivity index (χ1) is 23.9. The Morgan fingerprint density at radius 2 is 0.600 bits per heavy atom. The average molecular weight is 791 g/mol. The van der Waals surface area contributed by atoms with Crippen LogP contribution in [-0.4, -0.2) is 134 Å². The largest absolute Gasteiger partial charge is 0.500 e. The first kappa shape index (κ1) is 48.3. The van der Waals surface area contributed by atoms with Crippen molar-refractivity contribution in [2.75, 3.05) is 98.4 Å². The predicted octanol–water partition coefficient (Wildman–Crippen LogP) is 4.54. The summed E-state index contributed by atoms with van der Waals surface area (Å²) in [6.07, 6.45) is 9.20. The molecular formula is C32H74N2O12Si4. The van der Waals surface area contributed by atoms with E-state index in [1.807, 2.05) is 0 Å². The molecule has 0 aliphatic heterocycles. The van der Waals surface area contributed by atoms with Crippen LogP contribution in [0.4, 0.5) is 0 Å². The summed E-state index contributed by atoms with van der Waals surface area (Å²) in [7, 11) is 8.92. The third-order valence-corrected chi connectivity index (χ3v) is 23.3. The molecule has 4 N–H and O–H groups in total. The fourth-order valence-corrected chi connectivity index (χ4v) is 15.7. The van der Waals surface area contributed by atoms with E-state index in [0.717, 1.165) is 64.2 Å². The Morgan fingerprint density at radius 1 is 0.400 bits per heavy atom. The van der Waals surface area contributed by atoms with Gasteiger partial charge in [0.2, 0.25) is 0 Å². The fourth-order valence-electron chi connectivity index (χ4n) is 8.80. The first-order valence-corrected chi connectivity index (χ1v) is 25.6. The van der Waals surface area contributed by atoms with E-state index in [1.165, 1.54) is 0 Å². The lowest BCUT2D eigenvalue weighted by Gasteiger charge is -2.57. The van der Waals surface area contributed by atoms with E-state index >= 15 is 0 Å². The molecule has 50 heavy (non-hydrogen) atoms. The zero-order chi connectivity index (χ0) is 38.0. The molecule has 0 aromatic heterocycles. The molecule has 0 bridgehead atoms. The van der Waals surface area contributed by atoms with Crippen molar-refractivity contribution in [3.63, 3.8) is 0 Å². The van der Waals surface area contributed by atoms with Crippen molar-refractivity contribution < 1.29 is 53.1 Å². The van der Waals surface area contributed by atoms with Gasteiger partial charge in [-0.1, -0.05) is 0 Å². The second kappa shape index (κ2) is 23.3. The minimum absolute atomic E-state index is 0.0955. The molecule has 0 aromatic rings. The van der Waals surface area contributed by atoms with Crippen molar-refractivity contribution in [1.82, 2.24) is 0 Å². The maximum absolute atomic E-state index is 6.72. The highest BCUT2D eigenvalue weighted by Gasteiger charge is 2.54. The lowest BCUT2D eigenvalue weighted by Crippen LogP contribution is -2.53. The molecule has 0 spiro atoms. The van der Waals surface area contributed by atoms with Gasteiger partial charge in [0, 0.05) is 109 Å². The number of nitrogens with two attached hydrogens (primary N) is 2. The molecule has 1 saturated carbocycles. The van der Waals surface area contributed by atoms with Gasteiger partial charge in [-0.05, 0) is 100.0 Å². The van der Waals surface area contributed by atoms with Gasteiger partial charge >= 0.3 is 35.2 Å². The lowest BCUT2D eigenvalue weighted by molar-refractivity contribution is -0.0644. The summed E-state index contributed by atoms with van der Waals surface area (Å²) in [6.45, 7) is 1.16. The molecule has 0 amide bonds. The summed E-state index contributed by atoms with van der Waals surface area (Å²) in [5.74, 6) is 0.541. The third kappa shape index (κ3) is 12.2. The van der Waals surface area contributed by atoms with Crippen LogP contribution in [0.25, 0.3) is 0 Å². The summed E-state index contributed by atoms with van der Waals surface area (Å²) in [6, 6.07) is 2.85. The standard InChI is InChI=1S/C32H74N2O12Si4/c1-35-47(36-2,37-3)21-13-17-31(18-14-22-48(38-4,39-5)40-6)28-32(30(27-34)25-29(31)26-33,19-15-23-49(41-7,42-8)43-9)20-16-24-50(44-10,45-11)46-12/h29-30H,13-28,33-34H2,1-12H3. The molecule has 14 nitrogen and oxygen atoms in total. The SMILES string of the molecule is CO[Si](CCCC1(CCC[Si](OC)(OC)OC)CC(CCC[Si](OC)(OC)OC)(CCC[Si](OC)(OC)OC)C(CN)CC1CN)(OC)OC. The minimum atomic E-state index is -2.79. The average Bonchev–Trinajstić information content (AvgIpc) is 3.16. The summed E-state index contributed by atoms with van der Waals surface area (Å²) < 4.78 is 70.0. The van der Waals surface area contributed by atoms with Crippen molar-refractivity contribution in [1.29, 1.82) is 0 Å². The van der Waals surface area contributed by atoms with Crippen molar-refractivity contribution in [3.05, 3.63) is 0 Å². The maximum Gasteiger partial charge on any atom is 0.500 e. The van der Waals surface area contributed by atoms with E-state index in [1.54, 1.807) is 85.3 Å². The van der Waals surface area contributed by atoms with Gasteiger partial charge in [0.05, 0.1) is 0 Å². The van der Waals surface area contributed by atoms with E-state index in [4.69, 9.17) is 64.6 Å². The molecule has 0 aromatic carbocycles. The second-order valence-electron chi connectivity index (χ2n) is 13.6. The highest BCUT2D eigenvalue weighted by atomic mass is 28.4. The van der Waals surface area contributed by atoms with E-state index in [-0.39, 0.29) is 22.7 Å². The van der Waals surface area contributed by atoms with Crippen LogP contribution >= 0.6 is 0 Å². The monoisotopic (exact) mass is 790 g/mol. The van der Waals surface area contributed by atoms with Crippen LogP contribution in [0.3, 0.4) is 0 Å². The van der Waals surface area contributed by atoms with Crippen molar-refractivity contribution in [2.45, 2.75) is 88.4 Å². The molecule has 1 aliphatic carbocycles. The van der Waals surface area contributed by atoms with Gasteiger partial charge < -0.3 is 64.6 Å². The molecule has 0 radical (unpaired) electrons. The molecule has 0 heterocycles. The van der Waals surface area contributed by atoms with Gasteiger partial charge in [0.15, 0.2) is 0 Å². The summed E-state index contributed by atoms with van der Waals surface area (Å²) in [5.41, 5.74) is 13.2. The molecule has 1 fully saturated rings. The summed E-state index contributed by atoms with van der Waals surface area (Å²) in [4.78, 5) is 0. The quantitative estimate of drug-likeness (QED) is 0.0976. The van der Waals surface area contributed by atoms with Gasteiger partial charge in [-0.2, -0.15) is 0 Å². The van der Waals surface area contributed by atoms with E-state index in [2.05, 4.69) is 0 Å². The maximum atomic E-state index is 6.72. The fraction of sp³-hybridized carbons (Fsp3) is 1.00. The topological polar surface area (TPSA) is 163 Å². The van der Waals surface area contributed by atoms with E-state index in [9.17, 15) is 0 Å². The van der Waals surface area contributed by atoms with E-state index in [0.29, 0.717) is 37.3 Å². The van der Waals surface area contributed by atoms with Gasteiger partial charge in [-0.15, -0.1) is 0 Å². The Morgan fingerprint density at radius 3 is 0.760 bits per heavy atom. The highest BCUT2D eigenvalue weighted by Crippen LogP contribution is 2.61. The van der Waals surface area contributed by atoms with Crippen LogP contribution in [0, 0.1) is 22.7 Å². The Bertz CT molecular complexity index is 746. The minimum Gasteiger partial charge on any atom is -0.377 e. The van der Waals surface area contributed by atoms with Crippen molar-refractivity contribution >= 4 is 35.2 Å². The Hall–Kier alpha value is 0.308. The van der Waals surface area contributed by atoms with E-state index < -0.39 is 35.2 Å². The van der Waals surface area contributed by atoms with Gasteiger partial charge in [0.25, 0.3) is 0 Å². The number of hydrogen-bond donors (Lipinski definition) is 2. The number of hydrogen-bond acceptors (Lipinski definition) is 14. The predicted molar refractivity (Wildman–Crippen MR) is 202 cm³/mol. The lowest BCUT2D eigenvalue weighted by atomic mass is 9.48. The molecule has 1 aliphatic rings. The molecule has 1 rings (SSSR count). The van der Waals surface area contributed by atoms with Crippen LogP contribution in [0.2, 0.25) is 24.2 Å². The van der Waals surface area contributed by atoms with Crippen LogP contribution < -0.4 is 11.5 Å². The molecule has 2 unspecified atom stereocenters. The third-order valence-electron chi connectivity index (χ3n) is 11.9. The number of rotatable bonds is 30. The Balaban J connectivity index is 3.73. The molecule has 300 valence electrons. The van der Waals surface area contributed by atoms with Gasteiger partial charge in [-0.3, -0.25) is 0 Å². The van der Waals surface area contributed by atoms with Gasteiger partial charge in [-0.25, -0.2) is 0 Å². The zero-order valence-electron chi connectivity index (χ0n) is 33.5. The molecule has 0 saturated heterocycles. The Labute approximate surface area is 308 Å². The van der Waals surface area contributed by atoms with Crippen LogP contribution in [0.1, 0.15) is 64.2 Å². The van der Waals surface area contributed by atoms with Crippen LogP contribution in [0.5, 0.6) is 0 Å². The van der Waals surface area contributed by atoms with Crippen LogP contribution in [0.15, 0.2) is 0 Å². The molecular weight excluding hydrogens is 717 g/mol. The van der Waals surface area contributed by atoms with Gasteiger partial charge in [0.1, 0.15) is 0 Å². The smallest absolute Gasteiger partial charge is 0.377 e.